The topological polar surface area (TPSA) is 66.4 Å². The number of nitrogens with one attached hydrogen (secondary N) is 2. The number of aromatic nitrogens is 1. The average Bonchev–Trinajstić information content (AvgIpc) is 2.71. The van der Waals surface area contributed by atoms with E-state index in [-0.39, 0.29) is 24.0 Å². The van der Waals surface area contributed by atoms with Crippen LogP contribution in [0.15, 0.2) is 71.9 Å². The van der Waals surface area contributed by atoms with Crippen LogP contribution >= 0.6 is 24.0 Å². The number of rotatable bonds is 7. The number of halogens is 1. The zero-order valence-corrected chi connectivity index (χ0v) is 18.9. The van der Waals surface area contributed by atoms with Crippen molar-refractivity contribution in [2.45, 2.75) is 12.3 Å². The lowest BCUT2D eigenvalue weighted by molar-refractivity contribution is 0.680. The van der Waals surface area contributed by atoms with E-state index in [9.17, 15) is 4.21 Å². The number of pyridine rings is 1. The summed E-state index contributed by atoms with van der Waals surface area (Å²) in [4.78, 5) is 8.63. The number of hydrogen-bond acceptors (Lipinski definition) is 3. The van der Waals surface area contributed by atoms with Gasteiger partial charge in [-0.15, -0.1) is 24.0 Å². The van der Waals surface area contributed by atoms with Crippen molar-refractivity contribution in [2.24, 2.45) is 4.99 Å². The summed E-state index contributed by atoms with van der Waals surface area (Å²) in [5.41, 5.74) is 3.25. The summed E-state index contributed by atoms with van der Waals surface area (Å²) in [6.45, 7) is 1.26. The van der Waals surface area contributed by atoms with E-state index in [1.54, 1.807) is 7.05 Å². The van der Waals surface area contributed by atoms with Gasteiger partial charge in [-0.3, -0.25) is 14.2 Å². The molecule has 0 saturated heterocycles. The Morgan fingerprint density at radius 2 is 1.79 bits per heavy atom. The van der Waals surface area contributed by atoms with Crippen molar-refractivity contribution in [3.63, 3.8) is 0 Å². The molecule has 1 atom stereocenters. The fraction of sp³-hybridized carbons (Fsp3) is 0.238. The molecule has 2 aromatic carbocycles. The van der Waals surface area contributed by atoms with Crippen molar-refractivity contribution >= 4 is 51.6 Å². The molecule has 0 aliphatic heterocycles. The molecule has 0 aliphatic rings. The second-order valence-corrected chi connectivity index (χ2v) is 7.69. The van der Waals surface area contributed by atoms with E-state index in [4.69, 9.17) is 0 Å². The molecule has 3 rings (SSSR count). The Labute approximate surface area is 185 Å². The summed E-state index contributed by atoms with van der Waals surface area (Å²) in [7, 11) is 0.836. The van der Waals surface area contributed by atoms with Gasteiger partial charge in [0.1, 0.15) is 0 Å². The third-order valence-corrected chi connectivity index (χ3v) is 5.52. The van der Waals surface area contributed by atoms with Crippen LogP contribution in [-0.4, -0.2) is 34.5 Å². The molecular formula is C21H25IN4OS. The minimum absolute atomic E-state index is 0. The Balaban J connectivity index is 0.00000280. The molecule has 148 valence electrons. The van der Waals surface area contributed by atoms with E-state index < -0.39 is 10.8 Å². The Morgan fingerprint density at radius 1 is 1.04 bits per heavy atom. The van der Waals surface area contributed by atoms with Gasteiger partial charge in [-0.2, -0.15) is 0 Å². The van der Waals surface area contributed by atoms with Crippen molar-refractivity contribution in [1.82, 2.24) is 15.6 Å². The largest absolute Gasteiger partial charge is 0.355 e. The molecule has 0 fully saturated rings. The maximum absolute atomic E-state index is 12.2. The molecule has 7 heteroatoms. The molecular weight excluding hydrogens is 483 g/mol. The van der Waals surface area contributed by atoms with Gasteiger partial charge in [-0.1, -0.05) is 48.5 Å². The second-order valence-electron chi connectivity index (χ2n) is 6.11. The smallest absolute Gasteiger partial charge is 0.191 e. The summed E-state index contributed by atoms with van der Waals surface area (Å²) in [6.07, 6.45) is 1.82. The number of guanidine groups is 1. The van der Waals surface area contributed by atoms with Crippen LogP contribution in [0.2, 0.25) is 0 Å². The molecule has 1 aromatic heterocycles. The SMILES string of the molecule is CN=C(NCCS(=O)Cc1ccccc1)NCc1ccnc2ccccc12.I. The highest BCUT2D eigenvalue weighted by molar-refractivity contribution is 14.0. The van der Waals surface area contributed by atoms with Gasteiger partial charge < -0.3 is 10.6 Å². The molecule has 0 spiro atoms. The molecule has 0 aliphatic carbocycles. The average molecular weight is 508 g/mol. The van der Waals surface area contributed by atoms with Crippen LogP contribution in [-0.2, 0) is 23.1 Å². The zero-order valence-electron chi connectivity index (χ0n) is 15.8. The van der Waals surface area contributed by atoms with Gasteiger partial charge in [0.2, 0.25) is 0 Å². The molecule has 1 heterocycles. The van der Waals surface area contributed by atoms with E-state index in [0.717, 1.165) is 22.0 Å². The maximum atomic E-state index is 12.2. The van der Waals surface area contributed by atoms with Crippen LogP contribution in [0.4, 0.5) is 0 Å². The Hall–Kier alpha value is -2.00. The first kappa shape index (κ1) is 22.3. The maximum Gasteiger partial charge on any atom is 0.191 e. The third kappa shape index (κ3) is 6.56. The highest BCUT2D eigenvalue weighted by Crippen LogP contribution is 2.15. The second kappa shape index (κ2) is 11.8. The molecule has 0 saturated carbocycles. The van der Waals surface area contributed by atoms with Gasteiger partial charge in [0.25, 0.3) is 0 Å². The Kier molecular flexibility index (Phi) is 9.36. The molecule has 1 unspecified atom stereocenters. The lowest BCUT2D eigenvalue weighted by Gasteiger charge is -2.13. The van der Waals surface area contributed by atoms with Gasteiger partial charge in [0.05, 0.1) is 5.52 Å². The van der Waals surface area contributed by atoms with Gasteiger partial charge in [0.15, 0.2) is 5.96 Å². The third-order valence-electron chi connectivity index (χ3n) is 4.20. The van der Waals surface area contributed by atoms with Gasteiger partial charge >= 0.3 is 0 Å². The van der Waals surface area contributed by atoms with Crippen LogP contribution < -0.4 is 10.6 Å². The summed E-state index contributed by atoms with van der Waals surface area (Å²) in [5.74, 6) is 1.86. The van der Waals surface area contributed by atoms with Gasteiger partial charge in [0, 0.05) is 54.0 Å². The van der Waals surface area contributed by atoms with Crippen LogP contribution in [0.5, 0.6) is 0 Å². The summed E-state index contributed by atoms with van der Waals surface area (Å²) >= 11 is 0. The standard InChI is InChI=1S/C21H24N4OS.HI/c1-22-21(24-13-14-27(26)16-17-7-3-2-4-8-17)25-15-18-11-12-23-20-10-6-5-9-19(18)20;/h2-12H,13-16H2,1H3,(H2,22,24,25);1H. The Bertz CT molecular complexity index is 929. The molecule has 28 heavy (non-hydrogen) atoms. The van der Waals surface area contributed by atoms with Crippen molar-refractivity contribution in [3.05, 3.63) is 78.0 Å². The minimum Gasteiger partial charge on any atom is -0.355 e. The molecule has 2 N–H and O–H groups in total. The highest BCUT2D eigenvalue weighted by atomic mass is 127. The van der Waals surface area contributed by atoms with E-state index >= 15 is 0 Å². The van der Waals surface area contributed by atoms with Crippen LogP contribution in [0, 0.1) is 0 Å². The molecule has 0 radical (unpaired) electrons. The van der Waals surface area contributed by atoms with E-state index in [2.05, 4.69) is 26.7 Å². The molecule has 0 amide bonds. The zero-order chi connectivity index (χ0) is 18.9. The summed E-state index contributed by atoms with van der Waals surface area (Å²) < 4.78 is 12.2. The number of para-hydroxylation sites is 1. The fourth-order valence-electron chi connectivity index (χ4n) is 2.82. The predicted octanol–water partition coefficient (Wildman–Crippen LogP) is 3.47. The first-order valence-corrected chi connectivity index (χ1v) is 10.4. The first-order chi connectivity index (χ1) is 13.3. The fourth-order valence-corrected chi connectivity index (χ4v) is 3.86. The van der Waals surface area contributed by atoms with Crippen molar-refractivity contribution < 1.29 is 4.21 Å². The van der Waals surface area contributed by atoms with Gasteiger partial charge in [-0.25, -0.2) is 0 Å². The van der Waals surface area contributed by atoms with Crippen molar-refractivity contribution in [1.29, 1.82) is 0 Å². The van der Waals surface area contributed by atoms with Gasteiger partial charge in [-0.05, 0) is 23.3 Å². The Morgan fingerprint density at radius 3 is 2.57 bits per heavy atom. The monoisotopic (exact) mass is 508 g/mol. The lowest BCUT2D eigenvalue weighted by Crippen LogP contribution is -2.38. The van der Waals surface area contributed by atoms with Crippen molar-refractivity contribution in [2.75, 3.05) is 19.3 Å². The van der Waals surface area contributed by atoms with Crippen LogP contribution in [0.3, 0.4) is 0 Å². The lowest BCUT2D eigenvalue weighted by atomic mass is 10.1. The number of hydrogen-bond donors (Lipinski definition) is 2. The number of fused-ring (bicyclic) bond motifs is 1. The minimum atomic E-state index is -0.901. The van der Waals surface area contributed by atoms with E-state index in [1.807, 2.05) is 60.8 Å². The van der Waals surface area contributed by atoms with E-state index in [1.165, 1.54) is 0 Å². The van der Waals surface area contributed by atoms with E-state index in [0.29, 0.717) is 30.6 Å². The molecule has 3 aromatic rings. The summed E-state index contributed by atoms with van der Waals surface area (Å²) in [5, 5.41) is 7.68. The van der Waals surface area contributed by atoms with Crippen LogP contribution in [0.25, 0.3) is 10.9 Å². The molecule has 5 nitrogen and oxygen atoms in total. The number of benzene rings is 2. The summed E-state index contributed by atoms with van der Waals surface area (Å²) in [6, 6.07) is 20.0. The number of nitrogens with zero attached hydrogens (tertiary/aromatic N) is 2. The normalized spacial score (nSPS) is 12.2. The van der Waals surface area contributed by atoms with Crippen molar-refractivity contribution in [3.8, 4) is 0 Å². The number of aliphatic imine (C=N–C) groups is 1. The highest BCUT2D eigenvalue weighted by Gasteiger charge is 2.05. The van der Waals surface area contributed by atoms with Crippen LogP contribution in [0.1, 0.15) is 11.1 Å². The predicted molar refractivity (Wildman–Crippen MR) is 129 cm³/mol. The first-order valence-electron chi connectivity index (χ1n) is 8.92. The molecule has 0 bridgehead atoms. The quantitative estimate of drug-likeness (QED) is 0.292.